The van der Waals surface area contributed by atoms with Crippen LogP contribution in [0.1, 0.15) is 38.2 Å². The van der Waals surface area contributed by atoms with E-state index in [1.165, 1.54) is 12.8 Å². The van der Waals surface area contributed by atoms with E-state index in [2.05, 4.69) is 5.32 Å². The average Bonchev–Trinajstić information content (AvgIpc) is 3.13. The quantitative estimate of drug-likeness (QED) is 0.738. The molecule has 1 aliphatic carbocycles. The second kappa shape index (κ2) is 8.94. The lowest BCUT2D eigenvalue weighted by Gasteiger charge is -2.24. The minimum atomic E-state index is -0.140. The SMILES string of the molecule is COc1ccc(C[NH+](C)[C@@H](C)C(=O)NC2CCCC2)c(OC)c1OC. The van der Waals surface area contributed by atoms with Gasteiger partial charge in [-0.25, -0.2) is 0 Å². The summed E-state index contributed by atoms with van der Waals surface area (Å²) in [5.74, 6) is 1.99. The summed E-state index contributed by atoms with van der Waals surface area (Å²) in [5.41, 5.74) is 0.984. The summed E-state index contributed by atoms with van der Waals surface area (Å²) in [5, 5.41) is 3.18. The van der Waals surface area contributed by atoms with Gasteiger partial charge in [0.15, 0.2) is 17.5 Å². The fourth-order valence-electron chi connectivity index (χ4n) is 3.38. The Morgan fingerprint density at radius 2 is 1.80 bits per heavy atom. The molecule has 0 spiro atoms. The second-order valence-electron chi connectivity index (χ2n) is 6.73. The molecule has 0 bridgehead atoms. The smallest absolute Gasteiger partial charge is 0.278 e. The highest BCUT2D eigenvalue weighted by molar-refractivity contribution is 5.80. The Balaban J connectivity index is 2.08. The second-order valence-corrected chi connectivity index (χ2v) is 6.73. The van der Waals surface area contributed by atoms with Gasteiger partial charge < -0.3 is 24.4 Å². The zero-order chi connectivity index (χ0) is 18.4. The predicted octanol–water partition coefficient (Wildman–Crippen LogP) is 1.17. The molecule has 1 saturated carbocycles. The van der Waals surface area contributed by atoms with E-state index in [1.54, 1.807) is 21.3 Å². The average molecular weight is 351 g/mol. The Labute approximate surface area is 150 Å². The van der Waals surface area contributed by atoms with Gasteiger partial charge in [0.1, 0.15) is 6.54 Å². The number of nitrogens with one attached hydrogen (secondary N) is 2. The van der Waals surface area contributed by atoms with Crippen molar-refractivity contribution in [3.05, 3.63) is 17.7 Å². The summed E-state index contributed by atoms with van der Waals surface area (Å²) in [4.78, 5) is 13.6. The van der Waals surface area contributed by atoms with E-state index in [-0.39, 0.29) is 11.9 Å². The maximum Gasteiger partial charge on any atom is 0.278 e. The first-order valence-corrected chi connectivity index (χ1v) is 8.92. The number of benzene rings is 1. The summed E-state index contributed by atoms with van der Waals surface area (Å²) in [6, 6.07) is 4.04. The number of carbonyl (C=O) groups is 1. The summed E-state index contributed by atoms with van der Waals surface area (Å²) in [6.07, 6.45) is 4.62. The van der Waals surface area contributed by atoms with Crippen molar-refractivity contribution in [2.75, 3.05) is 28.4 Å². The number of amides is 1. The van der Waals surface area contributed by atoms with Gasteiger partial charge in [-0.05, 0) is 31.9 Å². The summed E-state index contributed by atoms with van der Waals surface area (Å²) in [7, 11) is 6.84. The van der Waals surface area contributed by atoms with Crippen LogP contribution in [0.4, 0.5) is 0 Å². The molecular formula is C19H31N2O4+. The van der Waals surface area contributed by atoms with Crippen LogP contribution in [0.15, 0.2) is 12.1 Å². The van der Waals surface area contributed by atoms with Crippen molar-refractivity contribution in [3.63, 3.8) is 0 Å². The van der Waals surface area contributed by atoms with Gasteiger partial charge in [0, 0.05) is 6.04 Å². The van der Waals surface area contributed by atoms with Crippen molar-refractivity contribution in [2.45, 2.75) is 51.2 Å². The molecule has 2 rings (SSSR count). The van der Waals surface area contributed by atoms with E-state index < -0.39 is 0 Å². The molecule has 0 aromatic heterocycles. The highest BCUT2D eigenvalue weighted by atomic mass is 16.5. The van der Waals surface area contributed by atoms with Crippen LogP contribution in [0.5, 0.6) is 17.2 Å². The van der Waals surface area contributed by atoms with Crippen molar-refractivity contribution in [2.24, 2.45) is 0 Å². The van der Waals surface area contributed by atoms with Crippen molar-refractivity contribution in [1.29, 1.82) is 0 Å². The zero-order valence-electron chi connectivity index (χ0n) is 16.0. The number of likely N-dealkylation sites (N-methyl/N-ethyl adjacent to an activating group) is 1. The Hall–Kier alpha value is -1.95. The molecule has 1 aliphatic rings. The van der Waals surface area contributed by atoms with Gasteiger partial charge in [-0.15, -0.1) is 0 Å². The van der Waals surface area contributed by atoms with Crippen LogP contribution in [-0.4, -0.2) is 46.4 Å². The molecule has 0 radical (unpaired) electrons. The molecular weight excluding hydrogens is 320 g/mol. The Morgan fingerprint density at radius 3 is 2.36 bits per heavy atom. The fourth-order valence-corrected chi connectivity index (χ4v) is 3.38. The van der Waals surface area contributed by atoms with E-state index in [0.29, 0.717) is 29.8 Å². The normalized spacial score (nSPS) is 17.0. The van der Waals surface area contributed by atoms with Crippen molar-refractivity contribution in [1.82, 2.24) is 5.32 Å². The van der Waals surface area contributed by atoms with Crippen molar-refractivity contribution < 1.29 is 23.9 Å². The molecule has 1 aromatic rings. The zero-order valence-corrected chi connectivity index (χ0v) is 16.0. The number of quaternary nitrogens is 1. The molecule has 1 unspecified atom stereocenters. The number of hydrogen-bond donors (Lipinski definition) is 2. The van der Waals surface area contributed by atoms with E-state index in [1.807, 2.05) is 26.1 Å². The molecule has 1 aromatic carbocycles. The van der Waals surface area contributed by atoms with E-state index >= 15 is 0 Å². The molecule has 140 valence electrons. The largest absolute Gasteiger partial charge is 0.493 e. The summed E-state index contributed by atoms with van der Waals surface area (Å²) < 4.78 is 16.3. The molecule has 2 N–H and O–H groups in total. The number of methoxy groups -OCH3 is 3. The van der Waals surface area contributed by atoms with Gasteiger partial charge in [0.05, 0.1) is 33.9 Å². The van der Waals surface area contributed by atoms with Crippen molar-refractivity contribution in [3.8, 4) is 17.2 Å². The highest BCUT2D eigenvalue weighted by Gasteiger charge is 2.27. The van der Waals surface area contributed by atoms with Crippen LogP contribution in [0.2, 0.25) is 0 Å². The minimum absolute atomic E-state index is 0.115. The van der Waals surface area contributed by atoms with Crippen LogP contribution in [0.3, 0.4) is 0 Å². The number of hydrogen-bond acceptors (Lipinski definition) is 4. The number of ether oxygens (including phenoxy) is 3. The van der Waals surface area contributed by atoms with Crippen LogP contribution in [0.25, 0.3) is 0 Å². The number of carbonyl (C=O) groups excluding carboxylic acids is 1. The van der Waals surface area contributed by atoms with Gasteiger partial charge in [-0.1, -0.05) is 12.8 Å². The topological polar surface area (TPSA) is 61.2 Å². The van der Waals surface area contributed by atoms with Gasteiger partial charge in [0.25, 0.3) is 5.91 Å². The monoisotopic (exact) mass is 351 g/mol. The molecule has 25 heavy (non-hydrogen) atoms. The van der Waals surface area contributed by atoms with E-state index in [9.17, 15) is 4.79 Å². The fraction of sp³-hybridized carbons (Fsp3) is 0.632. The van der Waals surface area contributed by atoms with Gasteiger partial charge in [-0.2, -0.15) is 0 Å². The molecule has 6 heteroatoms. The maximum atomic E-state index is 12.5. The maximum absolute atomic E-state index is 12.5. The third kappa shape index (κ3) is 4.57. The molecule has 0 aliphatic heterocycles. The van der Waals surface area contributed by atoms with E-state index in [0.717, 1.165) is 23.3 Å². The summed E-state index contributed by atoms with van der Waals surface area (Å²) >= 11 is 0. The predicted molar refractivity (Wildman–Crippen MR) is 96.5 cm³/mol. The van der Waals surface area contributed by atoms with Gasteiger partial charge in [0.2, 0.25) is 5.75 Å². The Morgan fingerprint density at radius 1 is 1.16 bits per heavy atom. The summed E-state index contributed by atoms with van der Waals surface area (Å²) in [6.45, 7) is 2.62. The lowest BCUT2D eigenvalue weighted by molar-refractivity contribution is -0.908. The van der Waals surface area contributed by atoms with Crippen LogP contribution >= 0.6 is 0 Å². The third-order valence-corrected chi connectivity index (χ3v) is 5.09. The molecule has 2 atom stereocenters. The van der Waals surface area contributed by atoms with Crippen LogP contribution in [-0.2, 0) is 11.3 Å². The first-order valence-electron chi connectivity index (χ1n) is 8.92. The molecule has 0 saturated heterocycles. The third-order valence-electron chi connectivity index (χ3n) is 5.09. The van der Waals surface area contributed by atoms with Gasteiger partial charge in [-0.3, -0.25) is 4.79 Å². The standard InChI is InChI=1S/C19H30N2O4/c1-13(19(22)20-15-8-6-7-9-15)21(2)12-14-10-11-16(23-3)18(25-5)17(14)24-4/h10-11,13,15H,6-9,12H2,1-5H3,(H,20,22)/p+1/t13-/m0/s1. The highest BCUT2D eigenvalue weighted by Crippen LogP contribution is 2.39. The molecule has 6 nitrogen and oxygen atoms in total. The molecule has 1 fully saturated rings. The van der Waals surface area contributed by atoms with Gasteiger partial charge >= 0.3 is 0 Å². The minimum Gasteiger partial charge on any atom is -0.493 e. The molecule has 1 amide bonds. The van der Waals surface area contributed by atoms with Crippen molar-refractivity contribution >= 4 is 5.91 Å². The first kappa shape index (κ1) is 19.4. The number of rotatable bonds is 8. The lowest BCUT2D eigenvalue weighted by atomic mass is 10.1. The van der Waals surface area contributed by atoms with Crippen LogP contribution < -0.4 is 24.4 Å². The van der Waals surface area contributed by atoms with Crippen LogP contribution in [0, 0.1) is 0 Å². The molecule has 0 heterocycles. The first-order chi connectivity index (χ1) is 12.0. The Bertz CT molecular complexity index is 585. The Kier molecular flexibility index (Phi) is 6.93. The van der Waals surface area contributed by atoms with E-state index in [4.69, 9.17) is 14.2 Å². The lowest BCUT2D eigenvalue weighted by Crippen LogP contribution is -3.12.